The molecular formula is C30H31ClN6S. The third-order valence-electron chi connectivity index (χ3n) is 7.54. The second kappa shape index (κ2) is 10.4. The van der Waals surface area contributed by atoms with Gasteiger partial charge in [-0.2, -0.15) is 0 Å². The van der Waals surface area contributed by atoms with Crippen LogP contribution in [0.1, 0.15) is 43.7 Å². The Kier molecular flexibility index (Phi) is 6.80. The molecule has 38 heavy (non-hydrogen) atoms. The zero-order valence-electron chi connectivity index (χ0n) is 21.5. The number of benzene rings is 1. The Morgan fingerprint density at radius 2 is 1.71 bits per heavy atom. The molecule has 0 radical (unpaired) electrons. The lowest BCUT2D eigenvalue weighted by atomic mass is 9.91. The molecule has 0 aliphatic carbocycles. The number of nitrogens with one attached hydrogen (secondary N) is 1. The summed E-state index contributed by atoms with van der Waals surface area (Å²) in [4.78, 5) is 13.5. The summed E-state index contributed by atoms with van der Waals surface area (Å²) in [7, 11) is 0. The normalized spacial score (nSPS) is 23.5. The molecule has 1 aromatic carbocycles. The maximum Gasteiger partial charge on any atom is 0.174 e. The lowest BCUT2D eigenvalue weighted by Gasteiger charge is -2.37. The van der Waals surface area contributed by atoms with Crippen LogP contribution >= 0.6 is 23.8 Å². The summed E-state index contributed by atoms with van der Waals surface area (Å²) in [6, 6.07) is 20.3. The highest BCUT2D eigenvalue weighted by Crippen LogP contribution is 2.44. The third kappa shape index (κ3) is 4.65. The van der Waals surface area contributed by atoms with Gasteiger partial charge in [-0.05, 0) is 85.1 Å². The number of piperidine rings is 1. The molecule has 5 heterocycles. The van der Waals surface area contributed by atoms with Gasteiger partial charge in [-0.15, -0.1) is 0 Å². The molecule has 6 rings (SSSR count). The van der Waals surface area contributed by atoms with Gasteiger partial charge in [-0.1, -0.05) is 31.5 Å². The Morgan fingerprint density at radius 3 is 2.42 bits per heavy atom. The highest BCUT2D eigenvalue weighted by atomic mass is 35.5. The maximum absolute atomic E-state index is 6.98. The predicted octanol–water partition coefficient (Wildman–Crippen LogP) is 6.58. The number of aromatic nitrogens is 3. The fraction of sp³-hybridized carbons (Fsp3) is 0.300. The summed E-state index contributed by atoms with van der Waals surface area (Å²) in [6.07, 6.45) is 8.78. The Bertz CT molecular complexity index is 1420. The molecule has 194 valence electrons. The fourth-order valence-electron chi connectivity index (χ4n) is 6.07. The highest BCUT2D eigenvalue weighted by Gasteiger charge is 2.42. The van der Waals surface area contributed by atoms with E-state index in [4.69, 9.17) is 28.8 Å². The van der Waals surface area contributed by atoms with Crippen LogP contribution in [0.2, 0.25) is 5.02 Å². The van der Waals surface area contributed by atoms with E-state index in [1.54, 1.807) is 0 Å². The minimum atomic E-state index is -0.141. The van der Waals surface area contributed by atoms with Crippen molar-refractivity contribution in [1.82, 2.24) is 19.9 Å². The average molecular weight is 543 g/mol. The van der Waals surface area contributed by atoms with Gasteiger partial charge in [-0.3, -0.25) is 9.97 Å². The Hall–Kier alpha value is -3.42. The van der Waals surface area contributed by atoms with Gasteiger partial charge < -0.3 is 19.7 Å². The average Bonchev–Trinajstić information content (AvgIpc) is 3.53. The van der Waals surface area contributed by atoms with E-state index < -0.39 is 0 Å². The molecule has 6 nitrogen and oxygen atoms in total. The van der Waals surface area contributed by atoms with Gasteiger partial charge in [0.25, 0.3) is 0 Å². The van der Waals surface area contributed by atoms with Crippen molar-refractivity contribution >= 4 is 40.3 Å². The van der Waals surface area contributed by atoms with Gasteiger partial charge in [0, 0.05) is 54.9 Å². The molecule has 0 amide bonds. The molecule has 0 saturated carbocycles. The van der Waals surface area contributed by atoms with E-state index in [2.05, 4.69) is 75.0 Å². The van der Waals surface area contributed by atoms with Crippen LogP contribution in [0.15, 0.2) is 85.5 Å². The molecule has 0 spiro atoms. The van der Waals surface area contributed by atoms with E-state index in [1.807, 2.05) is 48.9 Å². The number of hydrogen-bond acceptors (Lipinski definition) is 4. The summed E-state index contributed by atoms with van der Waals surface area (Å²) < 4.78 is 2.19. The van der Waals surface area contributed by atoms with Gasteiger partial charge in [0.2, 0.25) is 0 Å². The molecule has 2 aliphatic heterocycles. The molecule has 2 aliphatic rings. The minimum Gasteiger partial charge on any atom is -0.370 e. The third-order valence-corrected chi connectivity index (χ3v) is 8.16. The van der Waals surface area contributed by atoms with E-state index in [1.165, 1.54) is 6.42 Å². The zero-order chi connectivity index (χ0) is 26.2. The smallest absolute Gasteiger partial charge is 0.174 e. The van der Waals surface area contributed by atoms with E-state index in [0.717, 1.165) is 46.6 Å². The van der Waals surface area contributed by atoms with E-state index in [0.29, 0.717) is 16.9 Å². The molecule has 3 aromatic heterocycles. The molecule has 0 unspecified atom stereocenters. The Balaban J connectivity index is 1.42. The van der Waals surface area contributed by atoms with Crippen LogP contribution in [0, 0.1) is 11.8 Å². The van der Waals surface area contributed by atoms with Crippen molar-refractivity contribution < 1.29 is 0 Å². The van der Waals surface area contributed by atoms with Crippen LogP contribution in [0.5, 0.6) is 0 Å². The van der Waals surface area contributed by atoms with Gasteiger partial charge in [0.1, 0.15) is 6.04 Å². The largest absolute Gasteiger partial charge is 0.370 e. The molecule has 4 atom stereocenters. The van der Waals surface area contributed by atoms with Crippen molar-refractivity contribution in [3.63, 3.8) is 0 Å². The number of rotatable bonds is 5. The first-order valence-corrected chi connectivity index (χ1v) is 13.9. The first-order valence-electron chi connectivity index (χ1n) is 13.1. The van der Waals surface area contributed by atoms with Crippen molar-refractivity contribution in [2.24, 2.45) is 11.8 Å². The molecule has 1 N–H and O–H groups in total. The van der Waals surface area contributed by atoms with Crippen molar-refractivity contribution in [3.8, 4) is 5.69 Å². The summed E-state index contributed by atoms with van der Waals surface area (Å²) in [5.74, 6) is 1.30. The van der Waals surface area contributed by atoms with Crippen LogP contribution in [0.25, 0.3) is 5.69 Å². The Labute approximate surface area is 234 Å². The summed E-state index contributed by atoms with van der Waals surface area (Å²) >= 11 is 12.9. The van der Waals surface area contributed by atoms with Crippen molar-refractivity contribution in [2.45, 2.75) is 32.4 Å². The number of anilines is 2. The van der Waals surface area contributed by atoms with Crippen LogP contribution < -0.4 is 15.1 Å². The topological polar surface area (TPSA) is 49.2 Å². The van der Waals surface area contributed by atoms with Crippen molar-refractivity contribution in [3.05, 3.63) is 102 Å². The Morgan fingerprint density at radius 1 is 0.921 bits per heavy atom. The standard InChI is InChI=1S/C30H31ClN6S/c1-20-16-21(2)19-35(18-20)26-9-8-23(17-24(26)31)37-29(28(34-30(37)38)25-6-3-4-12-33-25)27-7-5-15-36(27)22-10-13-32-14-11-22/h3-15,17,20-21,28-29H,16,18-19H2,1-2H3,(H,34,38)/t20-,21+,28-,29-/m1/s1. The summed E-state index contributed by atoms with van der Waals surface area (Å²) in [5, 5.41) is 4.96. The van der Waals surface area contributed by atoms with Gasteiger partial charge >= 0.3 is 0 Å². The quantitative estimate of drug-likeness (QED) is 0.287. The van der Waals surface area contributed by atoms with Gasteiger partial charge in [-0.25, -0.2) is 0 Å². The zero-order valence-corrected chi connectivity index (χ0v) is 23.1. The van der Waals surface area contributed by atoms with E-state index in [-0.39, 0.29) is 12.1 Å². The monoisotopic (exact) mass is 542 g/mol. The molecule has 2 saturated heterocycles. The molecule has 0 bridgehead atoms. The lowest BCUT2D eigenvalue weighted by Crippen LogP contribution is -2.38. The first-order chi connectivity index (χ1) is 18.5. The second-order valence-corrected chi connectivity index (χ2v) is 11.3. The molecular weight excluding hydrogens is 512 g/mol. The van der Waals surface area contributed by atoms with Gasteiger partial charge in [0.05, 0.1) is 22.4 Å². The lowest BCUT2D eigenvalue weighted by molar-refractivity contribution is 0.357. The first kappa shape index (κ1) is 24.9. The van der Waals surface area contributed by atoms with Crippen LogP contribution in [-0.2, 0) is 0 Å². The molecule has 2 fully saturated rings. The summed E-state index contributed by atoms with van der Waals surface area (Å²) in [6.45, 7) is 6.69. The molecule has 4 aromatic rings. The summed E-state index contributed by atoms with van der Waals surface area (Å²) in [5.41, 5.74) is 5.12. The highest BCUT2D eigenvalue weighted by molar-refractivity contribution is 7.80. The maximum atomic E-state index is 6.98. The second-order valence-electron chi connectivity index (χ2n) is 10.5. The number of hydrogen-bond donors (Lipinski definition) is 1. The number of nitrogens with zero attached hydrogens (tertiary/aromatic N) is 5. The van der Waals surface area contributed by atoms with Crippen LogP contribution in [0.3, 0.4) is 0 Å². The van der Waals surface area contributed by atoms with Crippen molar-refractivity contribution in [2.75, 3.05) is 22.9 Å². The van der Waals surface area contributed by atoms with E-state index in [9.17, 15) is 0 Å². The minimum absolute atomic E-state index is 0.138. The van der Waals surface area contributed by atoms with Crippen LogP contribution in [-0.4, -0.2) is 32.7 Å². The fourth-order valence-corrected chi connectivity index (χ4v) is 6.71. The van der Waals surface area contributed by atoms with Crippen LogP contribution in [0.4, 0.5) is 11.4 Å². The van der Waals surface area contributed by atoms with Crippen molar-refractivity contribution in [1.29, 1.82) is 0 Å². The predicted molar refractivity (Wildman–Crippen MR) is 158 cm³/mol. The van der Waals surface area contributed by atoms with Gasteiger partial charge in [0.15, 0.2) is 5.11 Å². The van der Waals surface area contributed by atoms with E-state index >= 15 is 0 Å². The number of thiocarbonyl (C=S) groups is 1. The number of halogens is 1. The molecule has 8 heteroatoms. The SMILES string of the molecule is C[C@@H]1C[C@H](C)CN(c2ccc(N3C(=S)N[C@H](c4ccccn4)[C@H]3c3cccn3-c3ccncc3)cc2Cl)C1. The number of pyridine rings is 2.